The number of methoxy groups -OCH3 is 1. The average molecular weight is 419 g/mol. The van der Waals surface area contributed by atoms with Crippen LogP contribution in [0.4, 0.5) is 15.6 Å². The van der Waals surface area contributed by atoms with E-state index in [4.69, 9.17) is 9.47 Å². The Morgan fingerprint density at radius 2 is 1.93 bits per heavy atom. The van der Waals surface area contributed by atoms with Crippen molar-refractivity contribution in [1.29, 1.82) is 0 Å². The van der Waals surface area contributed by atoms with E-state index in [0.717, 1.165) is 18.8 Å². The van der Waals surface area contributed by atoms with Gasteiger partial charge in [0.1, 0.15) is 5.75 Å². The second kappa shape index (κ2) is 9.71. The third kappa shape index (κ3) is 5.04. The third-order valence-electron chi connectivity index (χ3n) is 4.66. The molecule has 1 aliphatic rings. The van der Waals surface area contributed by atoms with E-state index < -0.39 is 0 Å². The van der Waals surface area contributed by atoms with Crippen LogP contribution in [0, 0.1) is 0 Å². The maximum absolute atomic E-state index is 12.3. The van der Waals surface area contributed by atoms with E-state index >= 15 is 0 Å². The Morgan fingerprint density at radius 3 is 2.59 bits per heavy atom. The van der Waals surface area contributed by atoms with Gasteiger partial charge in [0, 0.05) is 45.0 Å². The molecule has 9 heteroatoms. The van der Waals surface area contributed by atoms with Crippen molar-refractivity contribution in [3.8, 4) is 5.75 Å². The Balaban J connectivity index is 1.67. The lowest BCUT2D eigenvalue weighted by Crippen LogP contribution is -2.48. The number of para-hydroxylation sites is 2. The normalized spacial score (nSPS) is 14.5. The number of amides is 2. The van der Waals surface area contributed by atoms with Gasteiger partial charge in [0.15, 0.2) is 5.13 Å². The van der Waals surface area contributed by atoms with Gasteiger partial charge < -0.3 is 14.4 Å². The minimum Gasteiger partial charge on any atom is -0.495 e. The van der Waals surface area contributed by atoms with Crippen LogP contribution >= 0.6 is 11.3 Å². The number of aromatic nitrogens is 1. The van der Waals surface area contributed by atoms with Gasteiger partial charge in [-0.15, -0.1) is 11.3 Å². The van der Waals surface area contributed by atoms with Crippen molar-refractivity contribution in [3.05, 3.63) is 35.3 Å². The monoisotopic (exact) mass is 418 g/mol. The number of carbonyl (C=O) groups is 2. The van der Waals surface area contributed by atoms with Gasteiger partial charge in [0.05, 0.1) is 25.1 Å². The minimum absolute atomic E-state index is 0.126. The molecule has 8 nitrogen and oxygen atoms in total. The first-order valence-electron chi connectivity index (χ1n) is 9.55. The van der Waals surface area contributed by atoms with Gasteiger partial charge >= 0.3 is 6.09 Å². The molecule has 1 saturated heterocycles. The lowest BCUT2D eigenvalue weighted by Gasteiger charge is -2.33. The van der Waals surface area contributed by atoms with Gasteiger partial charge in [0.2, 0.25) is 5.91 Å². The number of hydrogen-bond donors (Lipinski definition) is 0. The zero-order chi connectivity index (χ0) is 20.8. The Hall–Kier alpha value is -2.65. The maximum atomic E-state index is 12.3. The summed E-state index contributed by atoms with van der Waals surface area (Å²) < 4.78 is 10.5. The zero-order valence-electron chi connectivity index (χ0n) is 17.0. The molecule has 0 radical (unpaired) electrons. The Morgan fingerprint density at radius 1 is 1.21 bits per heavy atom. The van der Waals surface area contributed by atoms with E-state index in [1.165, 1.54) is 18.3 Å². The molecule has 29 heavy (non-hydrogen) atoms. The molecule has 1 fully saturated rings. The number of carbonyl (C=O) groups excluding carboxylic acids is 2. The van der Waals surface area contributed by atoms with Crippen molar-refractivity contribution < 1.29 is 19.1 Å². The van der Waals surface area contributed by atoms with E-state index in [1.807, 2.05) is 36.6 Å². The molecule has 0 saturated carbocycles. The molecule has 156 valence electrons. The van der Waals surface area contributed by atoms with E-state index in [0.29, 0.717) is 42.8 Å². The highest BCUT2D eigenvalue weighted by Gasteiger charge is 2.24. The summed E-state index contributed by atoms with van der Waals surface area (Å²) in [5, 5.41) is 2.58. The minimum atomic E-state index is -0.253. The predicted molar refractivity (Wildman–Crippen MR) is 112 cm³/mol. The van der Waals surface area contributed by atoms with Crippen molar-refractivity contribution in [2.24, 2.45) is 0 Å². The molecular formula is C20H26N4O4S. The lowest BCUT2D eigenvalue weighted by molar-refractivity contribution is -0.115. The van der Waals surface area contributed by atoms with Crippen molar-refractivity contribution in [2.75, 3.05) is 44.8 Å². The number of ether oxygens (including phenoxy) is 2. The van der Waals surface area contributed by atoms with E-state index in [2.05, 4.69) is 9.88 Å². The number of benzene rings is 1. The fraction of sp³-hybridized carbons (Fsp3) is 0.450. The molecule has 0 spiro atoms. The average Bonchev–Trinajstić information content (AvgIpc) is 3.16. The second-order valence-corrected chi connectivity index (χ2v) is 7.45. The molecule has 1 aliphatic heterocycles. The molecule has 2 amide bonds. The molecule has 1 aromatic carbocycles. The van der Waals surface area contributed by atoms with Crippen molar-refractivity contribution in [3.63, 3.8) is 0 Å². The third-order valence-corrected chi connectivity index (χ3v) is 5.53. The van der Waals surface area contributed by atoms with E-state index in [1.54, 1.807) is 16.9 Å². The van der Waals surface area contributed by atoms with Crippen LogP contribution < -0.4 is 9.64 Å². The van der Waals surface area contributed by atoms with Gasteiger partial charge in [-0.1, -0.05) is 12.1 Å². The topological polar surface area (TPSA) is 75.2 Å². The highest BCUT2D eigenvalue weighted by molar-refractivity contribution is 7.14. The Kier molecular flexibility index (Phi) is 7.05. The van der Waals surface area contributed by atoms with Crippen LogP contribution in [0.1, 0.15) is 19.5 Å². The quantitative estimate of drug-likeness (QED) is 0.718. The summed E-state index contributed by atoms with van der Waals surface area (Å²) in [6, 6.07) is 7.40. The van der Waals surface area contributed by atoms with Gasteiger partial charge in [0.25, 0.3) is 0 Å². The molecule has 2 heterocycles. The van der Waals surface area contributed by atoms with Crippen LogP contribution in [0.25, 0.3) is 0 Å². The first kappa shape index (κ1) is 21.1. The molecule has 2 aromatic rings. The van der Waals surface area contributed by atoms with Gasteiger partial charge in [-0.25, -0.2) is 9.78 Å². The number of rotatable bonds is 6. The number of hydrogen-bond acceptors (Lipinski definition) is 7. The molecular weight excluding hydrogens is 392 g/mol. The molecule has 0 atom stereocenters. The van der Waals surface area contributed by atoms with Crippen LogP contribution in [0.15, 0.2) is 29.6 Å². The molecule has 0 aliphatic carbocycles. The first-order valence-corrected chi connectivity index (χ1v) is 10.4. The van der Waals surface area contributed by atoms with Crippen LogP contribution in [0.5, 0.6) is 5.75 Å². The highest BCUT2D eigenvalue weighted by Crippen LogP contribution is 2.35. The fourth-order valence-corrected chi connectivity index (χ4v) is 4.10. The lowest BCUT2D eigenvalue weighted by atomic mass is 10.2. The highest BCUT2D eigenvalue weighted by atomic mass is 32.1. The summed E-state index contributed by atoms with van der Waals surface area (Å²) in [6.07, 6.45) is -0.253. The van der Waals surface area contributed by atoms with Gasteiger partial charge in [-0.05, 0) is 19.1 Å². The Labute approximate surface area is 174 Å². The summed E-state index contributed by atoms with van der Waals surface area (Å²) in [7, 11) is 1.58. The van der Waals surface area contributed by atoms with Gasteiger partial charge in [-0.2, -0.15) is 0 Å². The summed E-state index contributed by atoms with van der Waals surface area (Å²) in [5.41, 5.74) is 1.57. The van der Waals surface area contributed by atoms with Crippen molar-refractivity contribution >= 4 is 34.2 Å². The SMILES string of the molecule is CCOC(=O)N1CCN(Cc2csc(N(C(C)=O)c3ccccc3OC)n2)CC1. The molecule has 0 bridgehead atoms. The van der Waals surface area contributed by atoms with E-state index in [9.17, 15) is 9.59 Å². The van der Waals surface area contributed by atoms with Crippen LogP contribution in [0.3, 0.4) is 0 Å². The number of thiazole rings is 1. The molecule has 0 unspecified atom stereocenters. The van der Waals surface area contributed by atoms with Crippen LogP contribution in [0.2, 0.25) is 0 Å². The first-order chi connectivity index (χ1) is 14.0. The van der Waals surface area contributed by atoms with Crippen molar-refractivity contribution in [2.45, 2.75) is 20.4 Å². The molecule has 3 rings (SSSR count). The number of nitrogens with zero attached hydrogens (tertiary/aromatic N) is 4. The zero-order valence-corrected chi connectivity index (χ0v) is 17.8. The van der Waals surface area contributed by atoms with Gasteiger partial charge in [-0.3, -0.25) is 14.6 Å². The maximum Gasteiger partial charge on any atom is 0.409 e. The number of anilines is 2. The summed E-state index contributed by atoms with van der Waals surface area (Å²) >= 11 is 1.43. The van der Waals surface area contributed by atoms with Crippen LogP contribution in [-0.4, -0.2) is 66.7 Å². The fourth-order valence-electron chi connectivity index (χ4n) is 3.23. The summed E-state index contributed by atoms with van der Waals surface area (Å²) in [5.74, 6) is 0.494. The largest absolute Gasteiger partial charge is 0.495 e. The Bertz CT molecular complexity index is 849. The van der Waals surface area contributed by atoms with E-state index in [-0.39, 0.29) is 12.0 Å². The standard InChI is InChI=1S/C20H26N4O4S/c1-4-28-20(26)23-11-9-22(10-12-23)13-16-14-29-19(21-16)24(15(2)25)17-7-5-6-8-18(17)27-3/h5-8,14H,4,9-13H2,1-3H3. The summed E-state index contributed by atoms with van der Waals surface area (Å²) in [4.78, 5) is 34.4. The smallest absolute Gasteiger partial charge is 0.409 e. The predicted octanol–water partition coefficient (Wildman–Crippen LogP) is 3.11. The number of piperazine rings is 1. The van der Waals surface area contributed by atoms with Crippen LogP contribution in [-0.2, 0) is 16.1 Å². The molecule has 1 aromatic heterocycles. The summed E-state index contributed by atoms with van der Waals surface area (Å²) in [6.45, 7) is 7.17. The molecule has 0 N–H and O–H groups in total. The second-order valence-electron chi connectivity index (χ2n) is 6.61. The van der Waals surface area contributed by atoms with Crippen molar-refractivity contribution in [1.82, 2.24) is 14.8 Å².